The third-order valence-electron chi connectivity index (χ3n) is 5.32. The third-order valence-corrected chi connectivity index (χ3v) is 6.52. The van der Waals surface area contributed by atoms with Crippen LogP contribution >= 0.6 is 15.9 Å². The van der Waals surface area contributed by atoms with Gasteiger partial charge in [0.1, 0.15) is 6.10 Å². The first kappa shape index (κ1) is 14.2. The molecule has 0 spiro atoms. The Bertz CT molecular complexity index is 654. The molecule has 1 amide bonds. The molecule has 4 rings (SSSR count). The molecule has 5 heteroatoms. The van der Waals surface area contributed by atoms with Crippen LogP contribution in [0.1, 0.15) is 17.5 Å². The lowest BCUT2D eigenvalue weighted by molar-refractivity contribution is -0.145. The lowest BCUT2D eigenvalue weighted by atomic mass is 9.79. The van der Waals surface area contributed by atoms with Crippen LogP contribution in [0.3, 0.4) is 0 Å². The number of rotatable bonds is 2. The van der Waals surface area contributed by atoms with Crippen molar-refractivity contribution in [1.82, 2.24) is 0 Å². The number of alkyl halides is 1. The standard InChI is InChI=1S/C17H18BrNO3/c1-7-3-8(2)5-9(4-7)19-16(20)12-10-6-11-13(12)17(21)22-15(11)14(10)18/h3-5,10-15H,6H2,1-2H3,(H,19,20)/t10-,11+,12+,13-,14+,15-/m0/s1. The monoisotopic (exact) mass is 363 g/mol. The average molecular weight is 364 g/mol. The van der Waals surface area contributed by atoms with E-state index in [1.807, 2.05) is 26.0 Å². The Morgan fingerprint density at radius 1 is 1.23 bits per heavy atom. The highest BCUT2D eigenvalue weighted by molar-refractivity contribution is 9.09. The predicted octanol–water partition coefficient (Wildman–Crippen LogP) is 2.81. The van der Waals surface area contributed by atoms with Gasteiger partial charge in [0.25, 0.3) is 0 Å². The number of esters is 1. The average Bonchev–Trinajstić information content (AvgIpc) is 3.01. The number of nitrogens with one attached hydrogen (secondary N) is 1. The quantitative estimate of drug-likeness (QED) is 0.649. The molecule has 1 N–H and O–H groups in total. The minimum atomic E-state index is -0.276. The first-order valence-corrected chi connectivity index (χ1v) is 8.61. The van der Waals surface area contributed by atoms with Crippen molar-refractivity contribution in [2.24, 2.45) is 23.7 Å². The molecule has 1 aromatic carbocycles. The van der Waals surface area contributed by atoms with E-state index in [2.05, 4.69) is 27.3 Å². The molecule has 0 radical (unpaired) electrons. The molecule has 3 fully saturated rings. The number of halogens is 1. The topological polar surface area (TPSA) is 55.4 Å². The van der Waals surface area contributed by atoms with E-state index < -0.39 is 0 Å². The summed E-state index contributed by atoms with van der Waals surface area (Å²) < 4.78 is 5.45. The highest BCUT2D eigenvalue weighted by Crippen LogP contribution is 2.60. The van der Waals surface area contributed by atoms with Gasteiger partial charge in [-0.05, 0) is 49.4 Å². The number of ether oxygens (including phenoxy) is 1. The second-order valence-corrected chi connectivity index (χ2v) is 7.88. The Morgan fingerprint density at radius 3 is 2.59 bits per heavy atom. The van der Waals surface area contributed by atoms with Gasteiger partial charge in [0.05, 0.1) is 16.7 Å². The summed E-state index contributed by atoms with van der Waals surface area (Å²) in [5.74, 6) is -0.380. The number of hydrogen-bond donors (Lipinski definition) is 1. The molecule has 22 heavy (non-hydrogen) atoms. The van der Waals surface area contributed by atoms with Gasteiger partial charge in [-0.15, -0.1) is 0 Å². The molecular formula is C17H18BrNO3. The van der Waals surface area contributed by atoms with E-state index in [9.17, 15) is 9.59 Å². The van der Waals surface area contributed by atoms with Gasteiger partial charge in [-0.2, -0.15) is 0 Å². The maximum Gasteiger partial charge on any atom is 0.310 e. The molecule has 4 nitrogen and oxygen atoms in total. The van der Waals surface area contributed by atoms with E-state index in [0.717, 1.165) is 23.2 Å². The molecule has 1 heterocycles. The summed E-state index contributed by atoms with van der Waals surface area (Å²) in [6.07, 6.45) is 0.870. The van der Waals surface area contributed by atoms with Gasteiger partial charge in [-0.25, -0.2) is 0 Å². The van der Waals surface area contributed by atoms with Gasteiger partial charge in [0.2, 0.25) is 5.91 Å². The smallest absolute Gasteiger partial charge is 0.310 e. The largest absolute Gasteiger partial charge is 0.461 e. The van der Waals surface area contributed by atoms with Crippen molar-refractivity contribution in [3.63, 3.8) is 0 Å². The van der Waals surface area contributed by atoms with Crippen molar-refractivity contribution < 1.29 is 14.3 Å². The van der Waals surface area contributed by atoms with Crippen LogP contribution in [0.5, 0.6) is 0 Å². The van der Waals surface area contributed by atoms with Crippen molar-refractivity contribution in [1.29, 1.82) is 0 Å². The van der Waals surface area contributed by atoms with Crippen molar-refractivity contribution >= 4 is 33.5 Å². The van der Waals surface area contributed by atoms with Crippen molar-refractivity contribution in [2.75, 3.05) is 5.32 Å². The summed E-state index contributed by atoms with van der Waals surface area (Å²) in [5.41, 5.74) is 3.03. The first-order valence-electron chi connectivity index (χ1n) is 7.69. The lowest BCUT2D eigenvalue weighted by Gasteiger charge is -2.27. The highest BCUT2D eigenvalue weighted by atomic mass is 79.9. The van der Waals surface area contributed by atoms with Gasteiger partial charge in [-0.1, -0.05) is 22.0 Å². The van der Waals surface area contributed by atoms with Crippen LogP contribution in [-0.2, 0) is 14.3 Å². The fourth-order valence-electron chi connectivity index (χ4n) is 4.60. The van der Waals surface area contributed by atoms with Crippen LogP contribution in [-0.4, -0.2) is 22.8 Å². The number of fused-ring (bicyclic) bond motifs is 1. The Morgan fingerprint density at radius 2 is 1.91 bits per heavy atom. The number of hydrogen-bond acceptors (Lipinski definition) is 3. The van der Waals surface area contributed by atoms with Gasteiger partial charge in [0.15, 0.2) is 0 Å². The first-order chi connectivity index (χ1) is 10.5. The summed E-state index contributed by atoms with van der Waals surface area (Å²) in [6.45, 7) is 4.02. The molecular weight excluding hydrogens is 346 g/mol. The van der Waals surface area contributed by atoms with Gasteiger partial charge >= 0.3 is 5.97 Å². The zero-order chi connectivity index (χ0) is 15.6. The van der Waals surface area contributed by atoms with E-state index >= 15 is 0 Å². The Hall–Kier alpha value is -1.36. The van der Waals surface area contributed by atoms with Gasteiger partial charge in [-0.3, -0.25) is 9.59 Å². The normalized spacial score (nSPS) is 38.2. The highest BCUT2D eigenvalue weighted by Gasteiger charge is 2.67. The Balaban J connectivity index is 1.59. The van der Waals surface area contributed by atoms with Crippen LogP contribution in [0.25, 0.3) is 0 Å². The van der Waals surface area contributed by atoms with Crippen LogP contribution in [0.4, 0.5) is 5.69 Å². The fraction of sp³-hybridized carbons (Fsp3) is 0.529. The minimum Gasteiger partial charge on any atom is -0.461 e. The maximum atomic E-state index is 12.8. The summed E-state index contributed by atoms with van der Waals surface area (Å²) in [6, 6.07) is 5.99. The van der Waals surface area contributed by atoms with Gasteiger partial charge in [0, 0.05) is 11.6 Å². The Kier molecular flexibility index (Phi) is 3.12. The zero-order valence-corrected chi connectivity index (χ0v) is 14.1. The SMILES string of the molecule is Cc1cc(C)cc(NC(=O)[C@@H]2[C@@H]3C[C@H]4[C@H](OC(=O)[C@@H]42)[C@@H]3Br)c1. The summed E-state index contributed by atoms with van der Waals surface area (Å²) in [7, 11) is 0. The number of anilines is 1. The number of amides is 1. The molecule has 2 saturated carbocycles. The second-order valence-electron chi connectivity index (χ2n) is 6.83. The molecule has 116 valence electrons. The van der Waals surface area contributed by atoms with Crippen LogP contribution in [0.2, 0.25) is 0 Å². The molecule has 1 saturated heterocycles. The number of benzene rings is 1. The van der Waals surface area contributed by atoms with Crippen LogP contribution in [0, 0.1) is 37.5 Å². The van der Waals surface area contributed by atoms with E-state index in [4.69, 9.17) is 4.74 Å². The molecule has 0 aromatic heterocycles. The van der Waals surface area contributed by atoms with E-state index in [-0.39, 0.29) is 46.5 Å². The molecule has 1 aliphatic heterocycles. The fourth-order valence-corrected chi connectivity index (χ4v) is 5.65. The van der Waals surface area contributed by atoms with E-state index in [0.29, 0.717) is 0 Å². The second kappa shape index (κ2) is 4.82. The number of carbonyl (C=O) groups excluding carboxylic acids is 2. The zero-order valence-electron chi connectivity index (χ0n) is 12.5. The van der Waals surface area contributed by atoms with E-state index in [1.54, 1.807) is 0 Å². The minimum absolute atomic E-state index is 0.0345. The van der Waals surface area contributed by atoms with Crippen LogP contribution < -0.4 is 5.32 Å². The summed E-state index contributed by atoms with van der Waals surface area (Å²) in [4.78, 5) is 25.0. The Labute approximate surface area is 137 Å². The van der Waals surface area contributed by atoms with Crippen molar-refractivity contribution in [3.8, 4) is 0 Å². The van der Waals surface area contributed by atoms with E-state index in [1.165, 1.54) is 0 Å². The molecule has 2 bridgehead atoms. The maximum absolute atomic E-state index is 12.8. The number of aryl methyl sites for hydroxylation is 2. The predicted molar refractivity (Wildman–Crippen MR) is 85.7 cm³/mol. The van der Waals surface area contributed by atoms with Crippen molar-refractivity contribution in [3.05, 3.63) is 29.3 Å². The lowest BCUT2D eigenvalue weighted by Crippen LogP contribution is -2.40. The third kappa shape index (κ3) is 1.94. The molecule has 3 aliphatic rings. The summed E-state index contributed by atoms with van der Waals surface area (Å²) in [5, 5.41) is 3.01. The number of carbonyl (C=O) groups is 2. The molecule has 1 aromatic rings. The van der Waals surface area contributed by atoms with Gasteiger partial charge < -0.3 is 10.1 Å². The van der Waals surface area contributed by atoms with Crippen LogP contribution in [0.15, 0.2) is 18.2 Å². The van der Waals surface area contributed by atoms with Crippen molar-refractivity contribution in [2.45, 2.75) is 31.2 Å². The molecule has 6 atom stereocenters. The molecule has 2 aliphatic carbocycles. The summed E-state index contributed by atoms with van der Waals surface area (Å²) >= 11 is 3.64. The molecule has 0 unspecified atom stereocenters.